The van der Waals surface area contributed by atoms with Crippen molar-refractivity contribution >= 4 is 11.6 Å². The summed E-state index contributed by atoms with van der Waals surface area (Å²) in [7, 11) is 0. The van der Waals surface area contributed by atoms with E-state index in [1.807, 2.05) is 6.07 Å². The SMILES string of the molecule is CCCC(CCC)C(O)c1cc2c(cc1Cl)OCCCO2. The number of aliphatic hydroxyl groups excluding tert-OH is 1. The van der Waals surface area contributed by atoms with Crippen molar-refractivity contribution in [1.29, 1.82) is 0 Å². The van der Waals surface area contributed by atoms with E-state index in [4.69, 9.17) is 21.1 Å². The maximum Gasteiger partial charge on any atom is 0.162 e. The van der Waals surface area contributed by atoms with Crippen LogP contribution in [0.5, 0.6) is 11.5 Å². The van der Waals surface area contributed by atoms with Crippen LogP contribution >= 0.6 is 11.6 Å². The van der Waals surface area contributed by atoms with Gasteiger partial charge in [0.1, 0.15) is 0 Å². The van der Waals surface area contributed by atoms with Gasteiger partial charge in [-0.05, 0) is 24.8 Å². The van der Waals surface area contributed by atoms with Gasteiger partial charge in [-0.15, -0.1) is 0 Å². The quantitative estimate of drug-likeness (QED) is 0.823. The van der Waals surface area contributed by atoms with E-state index in [2.05, 4.69) is 13.8 Å². The number of halogens is 1. The minimum absolute atomic E-state index is 0.238. The van der Waals surface area contributed by atoms with Crippen molar-refractivity contribution in [2.24, 2.45) is 5.92 Å². The summed E-state index contributed by atoms with van der Waals surface area (Å²) < 4.78 is 11.3. The van der Waals surface area contributed by atoms with Crippen molar-refractivity contribution in [3.8, 4) is 11.5 Å². The molecule has 0 aromatic heterocycles. The maximum absolute atomic E-state index is 10.7. The second kappa shape index (κ2) is 7.90. The fourth-order valence-electron chi connectivity index (χ4n) is 2.88. The normalized spacial score (nSPS) is 15.9. The second-order valence-electron chi connectivity index (χ2n) is 5.65. The highest BCUT2D eigenvalue weighted by Gasteiger charge is 2.24. The number of ether oxygens (including phenoxy) is 2. The number of hydrogen-bond donors (Lipinski definition) is 1. The van der Waals surface area contributed by atoms with Crippen molar-refractivity contribution in [2.75, 3.05) is 13.2 Å². The summed E-state index contributed by atoms with van der Waals surface area (Å²) in [4.78, 5) is 0. The fourth-order valence-corrected chi connectivity index (χ4v) is 3.15. The Morgan fingerprint density at radius 3 is 2.24 bits per heavy atom. The third-order valence-corrected chi connectivity index (χ3v) is 4.28. The first kappa shape index (κ1) is 16.4. The molecule has 0 bridgehead atoms. The molecule has 0 saturated heterocycles. The van der Waals surface area contributed by atoms with Crippen LogP contribution in [0.15, 0.2) is 12.1 Å². The Hall–Kier alpha value is -0.930. The average Bonchev–Trinajstić information content (AvgIpc) is 2.70. The number of benzene rings is 1. The van der Waals surface area contributed by atoms with E-state index in [0.717, 1.165) is 37.7 Å². The molecule has 1 unspecified atom stereocenters. The van der Waals surface area contributed by atoms with Gasteiger partial charge < -0.3 is 14.6 Å². The van der Waals surface area contributed by atoms with Gasteiger partial charge in [0.15, 0.2) is 11.5 Å². The summed E-state index contributed by atoms with van der Waals surface area (Å²) in [6, 6.07) is 3.63. The van der Waals surface area contributed by atoms with Crippen LogP contribution in [0.4, 0.5) is 0 Å². The molecule has 4 heteroatoms. The van der Waals surface area contributed by atoms with Gasteiger partial charge in [-0.1, -0.05) is 38.3 Å². The lowest BCUT2D eigenvalue weighted by Gasteiger charge is -2.24. The molecule has 118 valence electrons. The summed E-state index contributed by atoms with van der Waals surface area (Å²) in [5, 5.41) is 11.3. The van der Waals surface area contributed by atoms with Gasteiger partial charge in [-0.3, -0.25) is 0 Å². The summed E-state index contributed by atoms with van der Waals surface area (Å²) in [5.74, 6) is 1.61. The highest BCUT2D eigenvalue weighted by atomic mass is 35.5. The first-order valence-electron chi connectivity index (χ1n) is 7.94. The van der Waals surface area contributed by atoms with Crippen molar-refractivity contribution in [2.45, 2.75) is 52.1 Å². The van der Waals surface area contributed by atoms with Gasteiger partial charge in [0.2, 0.25) is 0 Å². The molecule has 1 atom stereocenters. The molecule has 0 amide bonds. The van der Waals surface area contributed by atoms with E-state index in [1.165, 1.54) is 0 Å². The van der Waals surface area contributed by atoms with Gasteiger partial charge in [0, 0.05) is 18.1 Å². The summed E-state index contributed by atoms with van der Waals surface area (Å²) in [6.07, 6.45) is 4.43. The van der Waals surface area contributed by atoms with Gasteiger partial charge >= 0.3 is 0 Å². The van der Waals surface area contributed by atoms with Gasteiger partial charge in [0.05, 0.1) is 24.3 Å². The Labute approximate surface area is 132 Å². The fraction of sp³-hybridized carbons (Fsp3) is 0.647. The van der Waals surface area contributed by atoms with Crippen LogP contribution in [0.3, 0.4) is 0 Å². The zero-order chi connectivity index (χ0) is 15.2. The maximum atomic E-state index is 10.7. The molecular weight excluding hydrogens is 288 g/mol. The molecule has 2 rings (SSSR count). The standard InChI is InChI=1S/C17H25ClO3/c1-3-6-12(7-4-2)17(19)13-10-15-16(11-14(13)18)21-9-5-8-20-15/h10-12,17,19H,3-9H2,1-2H3. The van der Waals surface area contributed by atoms with E-state index in [1.54, 1.807) is 6.07 Å². The molecule has 1 N–H and O–H groups in total. The van der Waals surface area contributed by atoms with Crippen LogP contribution in [0.25, 0.3) is 0 Å². The summed E-state index contributed by atoms with van der Waals surface area (Å²) in [6.45, 7) is 5.56. The molecular formula is C17H25ClO3. The molecule has 0 aliphatic carbocycles. The molecule has 0 radical (unpaired) electrons. The third kappa shape index (κ3) is 4.04. The second-order valence-corrected chi connectivity index (χ2v) is 6.06. The lowest BCUT2D eigenvalue weighted by molar-refractivity contribution is 0.0962. The average molecular weight is 313 g/mol. The lowest BCUT2D eigenvalue weighted by Crippen LogP contribution is -2.13. The lowest BCUT2D eigenvalue weighted by atomic mass is 9.88. The third-order valence-electron chi connectivity index (χ3n) is 3.95. The van der Waals surface area contributed by atoms with E-state index in [9.17, 15) is 5.11 Å². The molecule has 21 heavy (non-hydrogen) atoms. The summed E-state index contributed by atoms with van der Waals surface area (Å²) in [5.41, 5.74) is 0.757. The molecule has 0 saturated carbocycles. The van der Waals surface area contributed by atoms with Crippen molar-refractivity contribution in [3.63, 3.8) is 0 Å². The first-order valence-corrected chi connectivity index (χ1v) is 8.32. The van der Waals surface area contributed by atoms with Crippen LogP contribution in [-0.4, -0.2) is 18.3 Å². The Morgan fingerprint density at radius 1 is 1.10 bits per heavy atom. The highest BCUT2D eigenvalue weighted by molar-refractivity contribution is 6.31. The Bertz CT molecular complexity index is 456. The van der Waals surface area contributed by atoms with Crippen molar-refractivity contribution in [3.05, 3.63) is 22.7 Å². The van der Waals surface area contributed by atoms with Crippen molar-refractivity contribution < 1.29 is 14.6 Å². The van der Waals surface area contributed by atoms with Crippen LogP contribution in [-0.2, 0) is 0 Å². The van der Waals surface area contributed by atoms with Crippen LogP contribution in [0, 0.1) is 5.92 Å². The molecule has 1 aliphatic heterocycles. The Balaban J connectivity index is 2.27. The predicted molar refractivity (Wildman–Crippen MR) is 85.3 cm³/mol. The van der Waals surface area contributed by atoms with E-state index >= 15 is 0 Å². The van der Waals surface area contributed by atoms with E-state index in [-0.39, 0.29) is 5.92 Å². The number of aliphatic hydroxyl groups is 1. The molecule has 0 spiro atoms. The number of rotatable bonds is 6. The largest absolute Gasteiger partial charge is 0.490 e. The first-order chi connectivity index (χ1) is 10.2. The minimum Gasteiger partial charge on any atom is -0.490 e. The molecule has 1 aromatic carbocycles. The highest BCUT2D eigenvalue weighted by Crippen LogP contribution is 2.40. The van der Waals surface area contributed by atoms with Gasteiger partial charge in [0.25, 0.3) is 0 Å². The topological polar surface area (TPSA) is 38.7 Å². The number of fused-ring (bicyclic) bond motifs is 1. The van der Waals surface area contributed by atoms with Gasteiger partial charge in [-0.2, -0.15) is 0 Å². The minimum atomic E-state index is -0.547. The zero-order valence-corrected chi connectivity index (χ0v) is 13.7. The predicted octanol–water partition coefficient (Wildman–Crippen LogP) is 4.75. The van der Waals surface area contributed by atoms with Crippen LogP contribution in [0.1, 0.15) is 57.6 Å². The van der Waals surface area contributed by atoms with E-state index in [0.29, 0.717) is 29.7 Å². The van der Waals surface area contributed by atoms with Crippen LogP contribution in [0.2, 0.25) is 5.02 Å². The Kier molecular flexibility index (Phi) is 6.19. The molecule has 0 fully saturated rings. The van der Waals surface area contributed by atoms with Crippen molar-refractivity contribution in [1.82, 2.24) is 0 Å². The van der Waals surface area contributed by atoms with Crippen LogP contribution < -0.4 is 9.47 Å². The Morgan fingerprint density at radius 2 is 1.67 bits per heavy atom. The molecule has 3 nitrogen and oxygen atoms in total. The zero-order valence-electron chi connectivity index (χ0n) is 12.9. The molecule has 1 heterocycles. The van der Waals surface area contributed by atoms with E-state index < -0.39 is 6.10 Å². The number of hydrogen-bond acceptors (Lipinski definition) is 3. The summed E-state index contributed by atoms with van der Waals surface area (Å²) >= 11 is 6.36. The monoisotopic (exact) mass is 312 g/mol. The van der Waals surface area contributed by atoms with Gasteiger partial charge in [-0.25, -0.2) is 0 Å². The smallest absolute Gasteiger partial charge is 0.162 e. The molecule has 1 aromatic rings. The molecule has 1 aliphatic rings.